The van der Waals surface area contributed by atoms with Gasteiger partial charge in [0.25, 0.3) is 0 Å². The summed E-state index contributed by atoms with van der Waals surface area (Å²) in [6, 6.07) is 0. The van der Waals surface area contributed by atoms with Crippen LogP contribution in [0.15, 0.2) is 0 Å². The van der Waals surface area contributed by atoms with Gasteiger partial charge in [0.05, 0.1) is 6.42 Å². The van der Waals surface area contributed by atoms with Crippen LogP contribution in [-0.2, 0) is 23.8 Å². The monoisotopic (exact) mass is 256 g/mol. The van der Waals surface area contributed by atoms with Gasteiger partial charge in [-0.25, -0.2) is 0 Å². The average Bonchev–Trinajstić information content (AvgIpc) is 2.71. The minimum Gasteiger partial charge on any atom is -0.457 e. The summed E-state index contributed by atoms with van der Waals surface area (Å²) in [5.74, 6) is -0.0871. The molecule has 0 bridgehead atoms. The lowest BCUT2D eigenvalue weighted by molar-refractivity contribution is -0.216. The van der Waals surface area contributed by atoms with Gasteiger partial charge < -0.3 is 14.2 Å². The fourth-order valence-electron chi connectivity index (χ4n) is 2.41. The molecule has 0 spiro atoms. The number of ketones is 1. The molecule has 0 aromatic heterocycles. The number of Topliss-reactive ketones (excluding diaryl/α,β-unsaturated/α-hetero) is 1. The Bertz CT molecular complexity index is 315. The van der Waals surface area contributed by atoms with E-state index in [9.17, 15) is 9.59 Å². The van der Waals surface area contributed by atoms with Crippen molar-refractivity contribution in [2.24, 2.45) is 0 Å². The first kappa shape index (κ1) is 13.5. The Labute approximate surface area is 107 Å². The number of carbonyl (C=O) groups is 2. The lowest BCUT2D eigenvalue weighted by atomic mass is 9.99. The van der Waals surface area contributed by atoms with E-state index < -0.39 is 6.10 Å². The normalized spacial score (nSPS) is 30.9. The van der Waals surface area contributed by atoms with Gasteiger partial charge in [0.15, 0.2) is 6.10 Å². The Balaban J connectivity index is 1.81. The number of hydrogen-bond acceptors (Lipinski definition) is 5. The van der Waals surface area contributed by atoms with Crippen LogP contribution in [0, 0.1) is 0 Å². The predicted octanol–water partition coefficient (Wildman–Crippen LogP) is 1.58. The maximum Gasteiger partial charge on any atom is 0.309 e. The topological polar surface area (TPSA) is 61.8 Å². The first-order chi connectivity index (χ1) is 8.70. The van der Waals surface area contributed by atoms with Gasteiger partial charge >= 0.3 is 5.97 Å². The third kappa shape index (κ3) is 3.29. The molecule has 3 atom stereocenters. The molecule has 102 valence electrons. The van der Waals surface area contributed by atoms with Crippen molar-refractivity contribution in [1.82, 2.24) is 0 Å². The van der Waals surface area contributed by atoms with Gasteiger partial charge in [-0.3, -0.25) is 9.59 Å². The van der Waals surface area contributed by atoms with E-state index in [-0.39, 0.29) is 37.2 Å². The second-order valence-electron chi connectivity index (χ2n) is 4.89. The Morgan fingerprint density at radius 3 is 2.94 bits per heavy atom. The van der Waals surface area contributed by atoms with Crippen LogP contribution in [0.4, 0.5) is 0 Å². The Kier molecular flexibility index (Phi) is 4.72. The molecule has 0 saturated carbocycles. The summed E-state index contributed by atoms with van der Waals surface area (Å²) in [5, 5.41) is 0. The first-order valence-corrected chi connectivity index (χ1v) is 6.65. The minimum atomic E-state index is -0.402. The maximum atomic E-state index is 11.8. The fourth-order valence-corrected chi connectivity index (χ4v) is 2.41. The molecule has 0 radical (unpaired) electrons. The van der Waals surface area contributed by atoms with E-state index in [0.29, 0.717) is 12.8 Å². The number of ether oxygens (including phenoxy) is 3. The SMILES string of the molecule is CCCCCC(=O)C[C@@H]1OCO[C@@H]2CC(=O)O[C@H]12. The highest BCUT2D eigenvalue weighted by atomic mass is 16.7. The predicted molar refractivity (Wildman–Crippen MR) is 62.9 cm³/mol. The summed E-state index contributed by atoms with van der Waals surface area (Å²) in [7, 11) is 0. The van der Waals surface area contributed by atoms with E-state index in [1.54, 1.807) is 0 Å². The van der Waals surface area contributed by atoms with Crippen LogP contribution in [0.2, 0.25) is 0 Å². The average molecular weight is 256 g/mol. The van der Waals surface area contributed by atoms with Gasteiger partial charge in [-0.2, -0.15) is 0 Å². The largest absolute Gasteiger partial charge is 0.457 e. The molecule has 18 heavy (non-hydrogen) atoms. The van der Waals surface area contributed by atoms with Gasteiger partial charge in [0, 0.05) is 12.8 Å². The molecular weight excluding hydrogens is 236 g/mol. The van der Waals surface area contributed by atoms with E-state index >= 15 is 0 Å². The standard InChI is InChI=1S/C13H20O5/c1-2-3-4-5-9(14)6-10-13-11(17-8-16-10)7-12(15)18-13/h10-11,13H,2-8H2,1H3/t10-,11+,13+/m0/s1. The van der Waals surface area contributed by atoms with E-state index in [4.69, 9.17) is 14.2 Å². The van der Waals surface area contributed by atoms with Gasteiger partial charge in [0.2, 0.25) is 0 Å². The number of carbonyl (C=O) groups excluding carboxylic acids is 2. The number of fused-ring (bicyclic) bond motifs is 1. The molecule has 2 fully saturated rings. The summed E-state index contributed by atoms with van der Waals surface area (Å²) in [6.45, 7) is 2.25. The third-order valence-corrected chi connectivity index (χ3v) is 3.42. The van der Waals surface area contributed by atoms with Crippen LogP contribution in [0.25, 0.3) is 0 Å². The zero-order chi connectivity index (χ0) is 13.0. The third-order valence-electron chi connectivity index (χ3n) is 3.42. The van der Waals surface area contributed by atoms with Crippen molar-refractivity contribution in [2.45, 2.75) is 63.8 Å². The van der Waals surface area contributed by atoms with E-state index in [1.807, 2.05) is 0 Å². The second kappa shape index (κ2) is 6.29. The smallest absolute Gasteiger partial charge is 0.309 e. The van der Waals surface area contributed by atoms with Gasteiger partial charge in [0.1, 0.15) is 24.8 Å². The molecule has 2 saturated heterocycles. The lowest BCUT2D eigenvalue weighted by Crippen LogP contribution is -2.44. The maximum absolute atomic E-state index is 11.8. The molecule has 2 heterocycles. The molecule has 2 aliphatic rings. The second-order valence-corrected chi connectivity index (χ2v) is 4.89. The Hall–Kier alpha value is -0.940. The highest BCUT2D eigenvalue weighted by Gasteiger charge is 2.44. The highest BCUT2D eigenvalue weighted by molar-refractivity contribution is 5.79. The summed E-state index contributed by atoms with van der Waals surface area (Å²) in [4.78, 5) is 23.0. The van der Waals surface area contributed by atoms with Gasteiger partial charge in [-0.1, -0.05) is 19.8 Å². The van der Waals surface area contributed by atoms with Crippen molar-refractivity contribution in [3.63, 3.8) is 0 Å². The number of rotatable bonds is 6. The summed E-state index contributed by atoms with van der Waals surface area (Å²) >= 11 is 0. The van der Waals surface area contributed by atoms with Crippen LogP contribution < -0.4 is 0 Å². The molecule has 0 unspecified atom stereocenters. The molecule has 0 aromatic carbocycles. The molecule has 2 rings (SSSR count). The Morgan fingerprint density at radius 2 is 2.17 bits per heavy atom. The highest BCUT2D eigenvalue weighted by Crippen LogP contribution is 2.28. The molecule has 0 N–H and O–H groups in total. The first-order valence-electron chi connectivity index (χ1n) is 6.65. The van der Waals surface area contributed by atoms with Crippen molar-refractivity contribution < 1.29 is 23.8 Å². The zero-order valence-electron chi connectivity index (χ0n) is 10.7. The van der Waals surface area contributed by atoms with Gasteiger partial charge in [-0.05, 0) is 6.42 Å². The fraction of sp³-hybridized carbons (Fsp3) is 0.846. The molecule has 0 amide bonds. The minimum absolute atomic E-state index is 0.144. The number of unbranched alkanes of at least 4 members (excludes halogenated alkanes) is 2. The Morgan fingerprint density at radius 1 is 1.33 bits per heavy atom. The van der Waals surface area contributed by atoms with Crippen LogP contribution in [0.3, 0.4) is 0 Å². The van der Waals surface area contributed by atoms with Crippen molar-refractivity contribution in [3.05, 3.63) is 0 Å². The summed E-state index contributed by atoms with van der Waals surface area (Å²) in [6.07, 6.45) is 3.30. The number of hydrogen-bond donors (Lipinski definition) is 0. The molecule has 2 aliphatic heterocycles. The van der Waals surface area contributed by atoms with Crippen LogP contribution in [-0.4, -0.2) is 36.9 Å². The van der Waals surface area contributed by atoms with Crippen molar-refractivity contribution in [2.75, 3.05) is 6.79 Å². The van der Waals surface area contributed by atoms with E-state index in [0.717, 1.165) is 19.3 Å². The van der Waals surface area contributed by atoms with Crippen LogP contribution in [0.1, 0.15) is 45.4 Å². The molecule has 0 aromatic rings. The summed E-state index contributed by atoms with van der Waals surface area (Å²) < 4.78 is 15.9. The van der Waals surface area contributed by atoms with E-state index in [2.05, 4.69) is 6.92 Å². The van der Waals surface area contributed by atoms with Gasteiger partial charge in [-0.15, -0.1) is 0 Å². The molecule has 0 aliphatic carbocycles. The van der Waals surface area contributed by atoms with Crippen LogP contribution >= 0.6 is 0 Å². The summed E-state index contributed by atoms with van der Waals surface area (Å²) in [5.41, 5.74) is 0. The quantitative estimate of drug-likeness (QED) is 0.533. The van der Waals surface area contributed by atoms with Crippen molar-refractivity contribution >= 4 is 11.8 Å². The van der Waals surface area contributed by atoms with Crippen molar-refractivity contribution in [3.8, 4) is 0 Å². The molecular formula is C13H20O5. The molecule has 5 nitrogen and oxygen atoms in total. The number of esters is 1. The van der Waals surface area contributed by atoms with Crippen molar-refractivity contribution in [1.29, 1.82) is 0 Å². The lowest BCUT2D eigenvalue weighted by Gasteiger charge is -2.31. The van der Waals surface area contributed by atoms with Crippen LogP contribution in [0.5, 0.6) is 0 Å². The molecule has 5 heteroatoms. The van der Waals surface area contributed by atoms with E-state index in [1.165, 1.54) is 0 Å². The zero-order valence-corrected chi connectivity index (χ0v) is 10.7.